The van der Waals surface area contributed by atoms with Crippen LogP contribution in [0.2, 0.25) is 0 Å². The zero-order valence-corrected chi connectivity index (χ0v) is 12.9. The Kier molecular flexibility index (Phi) is 3.24. The van der Waals surface area contributed by atoms with Crippen LogP contribution in [-0.2, 0) is 5.41 Å². The van der Waals surface area contributed by atoms with Gasteiger partial charge in [0.25, 0.3) is 0 Å². The monoisotopic (exact) mass is 287 g/mol. The molecule has 0 aliphatic heterocycles. The van der Waals surface area contributed by atoms with E-state index in [0.29, 0.717) is 5.92 Å². The molecular formula is C21H21N. The van der Waals surface area contributed by atoms with Crippen molar-refractivity contribution < 1.29 is 0 Å². The standard InChI is InChI=1S/C21H21N/c1-22-15-21(19-9-3-2-4-10-19)14-20(21)18-12-11-16-7-5-6-8-17(16)13-18/h2-13,20,22H,14-15H2,1H3/t20?,21-/m0/s1. The number of nitrogens with one attached hydrogen (secondary N) is 1. The minimum Gasteiger partial charge on any atom is -0.319 e. The van der Waals surface area contributed by atoms with E-state index >= 15 is 0 Å². The summed E-state index contributed by atoms with van der Waals surface area (Å²) in [5.74, 6) is 0.618. The average Bonchev–Trinajstić information content (AvgIpc) is 3.31. The number of hydrogen-bond acceptors (Lipinski definition) is 1. The van der Waals surface area contributed by atoms with Gasteiger partial charge < -0.3 is 5.32 Å². The summed E-state index contributed by atoms with van der Waals surface area (Å²) in [6, 6.07) is 26.5. The van der Waals surface area contributed by atoms with E-state index in [-0.39, 0.29) is 5.41 Å². The Morgan fingerprint density at radius 1 is 0.909 bits per heavy atom. The molecule has 0 bridgehead atoms. The van der Waals surface area contributed by atoms with Crippen molar-refractivity contribution in [2.45, 2.75) is 17.8 Å². The molecule has 1 aliphatic rings. The molecule has 0 saturated heterocycles. The van der Waals surface area contributed by atoms with Crippen LogP contribution in [0.15, 0.2) is 72.8 Å². The van der Waals surface area contributed by atoms with Gasteiger partial charge in [-0.1, -0.05) is 72.8 Å². The summed E-state index contributed by atoms with van der Waals surface area (Å²) in [7, 11) is 2.06. The Balaban J connectivity index is 1.73. The van der Waals surface area contributed by atoms with Gasteiger partial charge in [-0.25, -0.2) is 0 Å². The third-order valence-corrected chi connectivity index (χ3v) is 5.09. The van der Waals surface area contributed by atoms with Gasteiger partial charge in [0.05, 0.1) is 0 Å². The molecule has 0 radical (unpaired) electrons. The average molecular weight is 287 g/mol. The van der Waals surface area contributed by atoms with E-state index in [1.54, 1.807) is 0 Å². The first-order chi connectivity index (χ1) is 10.8. The van der Waals surface area contributed by atoms with Gasteiger partial charge in [-0.05, 0) is 41.3 Å². The summed E-state index contributed by atoms with van der Waals surface area (Å²) in [6.07, 6.45) is 1.23. The lowest BCUT2D eigenvalue weighted by Gasteiger charge is -2.18. The normalized spacial score (nSPS) is 23.6. The van der Waals surface area contributed by atoms with Gasteiger partial charge in [-0.2, -0.15) is 0 Å². The lowest BCUT2D eigenvalue weighted by atomic mass is 9.90. The molecule has 1 saturated carbocycles. The molecule has 0 spiro atoms. The first kappa shape index (κ1) is 13.5. The van der Waals surface area contributed by atoms with Crippen LogP contribution in [0.3, 0.4) is 0 Å². The first-order valence-corrected chi connectivity index (χ1v) is 8.02. The van der Waals surface area contributed by atoms with Crippen LogP contribution in [0.1, 0.15) is 23.5 Å². The zero-order chi connectivity index (χ0) is 15.0. The number of likely N-dealkylation sites (N-methyl/N-ethyl adjacent to an activating group) is 1. The van der Waals surface area contributed by atoms with Crippen molar-refractivity contribution in [2.75, 3.05) is 13.6 Å². The van der Waals surface area contributed by atoms with Gasteiger partial charge in [0, 0.05) is 12.0 Å². The molecule has 0 amide bonds. The van der Waals surface area contributed by atoms with Gasteiger partial charge in [0.1, 0.15) is 0 Å². The highest BCUT2D eigenvalue weighted by Crippen LogP contribution is 2.60. The van der Waals surface area contributed by atoms with Crippen molar-refractivity contribution in [1.82, 2.24) is 5.32 Å². The molecule has 22 heavy (non-hydrogen) atoms. The zero-order valence-electron chi connectivity index (χ0n) is 12.9. The summed E-state index contributed by atoms with van der Waals surface area (Å²) in [6.45, 7) is 1.04. The van der Waals surface area contributed by atoms with Crippen LogP contribution in [0.25, 0.3) is 10.8 Å². The van der Waals surface area contributed by atoms with Gasteiger partial charge in [-0.3, -0.25) is 0 Å². The number of benzene rings is 3. The van der Waals surface area contributed by atoms with Gasteiger partial charge in [0.2, 0.25) is 0 Å². The maximum absolute atomic E-state index is 3.41. The van der Waals surface area contributed by atoms with Crippen LogP contribution < -0.4 is 5.32 Å². The van der Waals surface area contributed by atoms with Crippen molar-refractivity contribution in [2.24, 2.45) is 0 Å². The van der Waals surface area contributed by atoms with Crippen LogP contribution in [0.4, 0.5) is 0 Å². The maximum atomic E-state index is 3.41. The van der Waals surface area contributed by atoms with E-state index in [9.17, 15) is 0 Å². The van der Waals surface area contributed by atoms with Crippen molar-refractivity contribution in [3.05, 3.63) is 83.9 Å². The predicted molar refractivity (Wildman–Crippen MR) is 93.4 cm³/mol. The summed E-state index contributed by atoms with van der Waals surface area (Å²) in [4.78, 5) is 0. The summed E-state index contributed by atoms with van der Waals surface area (Å²) in [5, 5.41) is 6.08. The molecule has 110 valence electrons. The molecule has 1 N–H and O–H groups in total. The van der Waals surface area contributed by atoms with Crippen LogP contribution in [0.5, 0.6) is 0 Å². The molecule has 3 aromatic rings. The minimum atomic E-state index is 0.262. The van der Waals surface area contributed by atoms with Crippen LogP contribution in [-0.4, -0.2) is 13.6 Å². The van der Waals surface area contributed by atoms with E-state index in [1.807, 2.05) is 0 Å². The Morgan fingerprint density at radius 2 is 1.64 bits per heavy atom. The second-order valence-electron chi connectivity index (χ2n) is 6.42. The molecule has 1 unspecified atom stereocenters. The van der Waals surface area contributed by atoms with Crippen molar-refractivity contribution in [1.29, 1.82) is 0 Å². The fourth-order valence-corrected chi connectivity index (χ4v) is 3.87. The summed E-state index contributed by atoms with van der Waals surface area (Å²) in [5.41, 5.74) is 3.19. The van der Waals surface area contributed by atoms with Gasteiger partial charge in [-0.15, -0.1) is 0 Å². The third-order valence-electron chi connectivity index (χ3n) is 5.09. The summed E-state index contributed by atoms with van der Waals surface area (Å²) < 4.78 is 0. The second kappa shape index (κ2) is 5.26. The van der Waals surface area contributed by atoms with E-state index in [1.165, 1.54) is 28.3 Å². The second-order valence-corrected chi connectivity index (χ2v) is 6.42. The molecular weight excluding hydrogens is 266 g/mol. The molecule has 1 aliphatic carbocycles. The maximum Gasteiger partial charge on any atom is 0.0153 e. The van der Waals surface area contributed by atoms with Crippen molar-refractivity contribution >= 4 is 10.8 Å². The molecule has 4 rings (SSSR count). The molecule has 0 aromatic heterocycles. The quantitative estimate of drug-likeness (QED) is 0.746. The highest BCUT2D eigenvalue weighted by molar-refractivity contribution is 5.83. The molecule has 0 heterocycles. The van der Waals surface area contributed by atoms with E-state index in [2.05, 4.69) is 85.2 Å². The highest BCUT2D eigenvalue weighted by atomic mass is 14.9. The SMILES string of the molecule is CNC[C@]1(c2ccccc2)CC1c1ccc2ccccc2c1. The van der Waals surface area contributed by atoms with Crippen molar-refractivity contribution in [3.8, 4) is 0 Å². The molecule has 2 atom stereocenters. The van der Waals surface area contributed by atoms with E-state index < -0.39 is 0 Å². The predicted octanol–water partition coefficient (Wildman–Crippen LogP) is 4.48. The lowest BCUT2D eigenvalue weighted by molar-refractivity contribution is 0.605. The third kappa shape index (κ3) is 2.13. The van der Waals surface area contributed by atoms with Crippen LogP contribution in [0, 0.1) is 0 Å². The topological polar surface area (TPSA) is 12.0 Å². The van der Waals surface area contributed by atoms with E-state index in [0.717, 1.165) is 6.54 Å². The number of fused-ring (bicyclic) bond motifs is 1. The largest absolute Gasteiger partial charge is 0.319 e. The first-order valence-electron chi connectivity index (χ1n) is 8.02. The molecule has 1 heteroatoms. The van der Waals surface area contributed by atoms with Gasteiger partial charge >= 0.3 is 0 Å². The molecule has 1 nitrogen and oxygen atoms in total. The number of hydrogen-bond donors (Lipinski definition) is 1. The Hall–Kier alpha value is -2.12. The minimum absolute atomic E-state index is 0.262. The fraction of sp³-hybridized carbons (Fsp3) is 0.238. The summed E-state index contributed by atoms with van der Waals surface area (Å²) >= 11 is 0. The Labute approximate surface area is 132 Å². The highest BCUT2D eigenvalue weighted by Gasteiger charge is 2.55. The molecule has 3 aromatic carbocycles. The Bertz CT molecular complexity index is 793. The Morgan fingerprint density at radius 3 is 2.41 bits per heavy atom. The van der Waals surface area contributed by atoms with Gasteiger partial charge in [0.15, 0.2) is 0 Å². The fourth-order valence-electron chi connectivity index (χ4n) is 3.87. The van der Waals surface area contributed by atoms with E-state index in [4.69, 9.17) is 0 Å². The molecule has 1 fully saturated rings. The lowest BCUT2D eigenvalue weighted by Crippen LogP contribution is -2.25. The smallest absolute Gasteiger partial charge is 0.0153 e. The van der Waals surface area contributed by atoms with Crippen LogP contribution >= 0.6 is 0 Å². The number of rotatable bonds is 4. The van der Waals surface area contributed by atoms with Crippen molar-refractivity contribution in [3.63, 3.8) is 0 Å².